The summed E-state index contributed by atoms with van der Waals surface area (Å²) in [6.07, 6.45) is 3.83. The third-order valence-corrected chi connectivity index (χ3v) is 1.29. The van der Waals surface area contributed by atoms with Gasteiger partial charge in [0, 0.05) is 6.42 Å². The number of halogens is 2. The van der Waals surface area contributed by atoms with Gasteiger partial charge in [0.25, 0.3) is 0 Å². The Balaban J connectivity index is 0. The van der Waals surface area contributed by atoms with Crippen molar-refractivity contribution in [2.45, 2.75) is 39.5 Å². The summed E-state index contributed by atoms with van der Waals surface area (Å²) in [4.78, 5) is 10.7. The normalized spacial score (nSPS) is 8.00. The van der Waals surface area contributed by atoms with Crippen LogP contribution in [0.15, 0.2) is 0 Å². The molecular formula is C8H16Br2O2Zn. The fourth-order valence-corrected chi connectivity index (χ4v) is 0.752. The van der Waals surface area contributed by atoms with E-state index in [9.17, 15) is 4.79 Å². The van der Waals surface area contributed by atoms with E-state index in [1.54, 1.807) is 0 Å². The number of esters is 1. The third kappa shape index (κ3) is 19.5. The topological polar surface area (TPSA) is 26.3 Å². The molecule has 0 amide bonds. The van der Waals surface area contributed by atoms with Gasteiger partial charge in [-0.2, -0.15) is 0 Å². The quantitative estimate of drug-likeness (QED) is 0.418. The van der Waals surface area contributed by atoms with Gasteiger partial charge in [0.1, 0.15) is 0 Å². The molecule has 0 aliphatic heterocycles. The predicted octanol–water partition coefficient (Wildman–Crippen LogP) is 3.82. The van der Waals surface area contributed by atoms with E-state index in [0.717, 1.165) is 19.3 Å². The standard InChI is InChI=1S/C8H16O2.2BrH.Zn/c1-3-5-6-7-8(9)10-4-2;;;/h3-7H2,1-2H3;2*1H;/q;;;+2/p-2. The zero-order valence-corrected chi connectivity index (χ0v) is 14.5. The second kappa shape index (κ2) is 15.5. The maximum atomic E-state index is 10.7. The summed E-state index contributed by atoms with van der Waals surface area (Å²) in [6.45, 7) is 4.45. The van der Waals surface area contributed by atoms with Crippen LogP contribution >= 0.6 is 27.2 Å². The zero-order chi connectivity index (χ0) is 10.5. The third-order valence-electron chi connectivity index (χ3n) is 1.29. The van der Waals surface area contributed by atoms with Crippen LogP contribution in [0.5, 0.6) is 0 Å². The molecule has 0 aromatic heterocycles. The van der Waals surface area contributed by atoms with E-state index in [4.69, 9.17) is 4.74 Å². The molecular weight excluding hydrogens is 353 g/mol. The number of hydrogen-bond donors (Lipinski definition) is 0. The Morgan fingerprint density at radius 2 is 1.85 bits per heavy atom. The molecule has 5 heteroatoms. The fraction of sp³-hybridized carbons (Fsp3) is 0.875. The monoisotopic (exact) mass is 366 g/mol. The molecule has 0 aromatic carbocycles. The van der Waals surface area contributed by atoms with Crippen LogP contribution < -0.4 is 0 Å². The van der Waals surface area contributed by atoms with Gasteiger partial charge in [-0.25, -0.2) is 0 Å². The van der Waals surface area contributed by atoms with Crippen LogP contribution in [-0.2, 0) is 22.7 Å². The van der Waals surface area contributed by atoms with Crippen LogP contribution in [0.4, 0.5) is 0 Å². The van der Waals surface area contributed by atoms with Crippen molar-refractivity contribution in [1.82, 2.24) is 0 Å². The molecule has 0 aliphatic rings. The molecule has 0 aliphatic carbocycles. The molecule has 0 heterocycles. The Morgan fingerprint density at radius 3 is 2.23 bits per heavy atom. The van der Waals surface area contributed by atoms with Crippen molar-refractivity contribution < 1.29 is 22.7 Å². The number of carbonyl (C=O) groups excluding carboxylic acids is 1. The Morgan fingerprint density at radius 1 is 1.31 bits per heavy atom. The van der Waals surface area contributed by atoms with Gasteiger partial charge in [-0.15, -0.1) is 0 Å². The van der Waals surface area contributed by atoms with Crippen LogP contribution in [0.2, 0.25) is 0 Å². The van der Waals surface area contributed by atoms with Crippen molar-refractivity contribution in [1.29, 1.82) is 0 Å². The Kier molecular flexibility index (Phi) is 19.7. The van der Waals surface area contributed by atoms with E-state index in [2.05, 4.69) is 34.2 Å². The molecule has 0 unspecified atom stereocenters. The SMILES string of the molecule is CCCCCC(=O)OCC.[Br][Zn][Br]. The van der Waals surface area contributed by atoms with Gasteiger partial charge in [-0.1, -0.05) is 19.8 Å². The van der Waals surface area contributed by atoms with Gasteiger partial charge >= 0.3 is 46.4 Å². The number of hydrogen-bond acceptors (Lipinski definition) is 2. The van der Waals surface area contributed by atoms with E-state index in [0.29, 0.717) is 13.0 Å². The van der Waals surface area contributed by atoms with E-state index < -0.39 is 0 Å². The van der Waals surface area contributed by atoms with Crippen LogP contribution in [0.25, 0.3) is 0 Å². The molecule has 0 saturated heterocycles. The first kappa shape index (κ1) is 16.5. The number of rotatable bonds is 5. The van der Waals surface area contributed by atoms with Crippen molar-refractivity contribution >= 4 is 33.2 Å². The Bertz CT molecular complexity index is 112. The van der Waals surface area contributed by atoms with Crippen LogP contribution in [0.1, 0.15) is 39.5 Å². The molecule has 0 atom stereocenters. The summed E-state index contributed by atoms with van der Waals surface area (Å²) in [5.74, 6) is -0.0593. The van der Waals surface area contributed by atoms with Crippen molar-refractivity contribution in [2.24, 2.45) is 0 Å². The van der Waals surface area contributed by atoms with E-state index in [1.807, 2.05) is 6.92 Å². The first-order valence-electron chi connectivity index (χ1n) is 4.50. The van der Waals surface area contributed by atoms with Gasteiger partial charge in [0.15, 0.2) is 0 Å². The molecule has 0 saturated carbocycles. The summed E-state index contributed by atoms with van der Waals surface area (Å²) in [6, 6.07) is 0. The van der Waals surface area contributed by atoms with Gasteiger partial charge in [-0.3, -0.25) is 4.79 Å². The van der Waals surface area contributed by atoms with Gasteiger partial charge in [0.2, 0.25) is 0 Å². The second-order valence-electron chi connectivity index (χ2n) is 2.36. The minimum absolute atomic E-state index is 0.0593. The molecule has 0 bridgehead atoms. The molecule has 0 spiro atoms. The molecule has 0 N–H and O–H groups in total. The minimum atomic E-state index is -0.250. The predicted molar refractivity (Wildman–Crippen MR) is 58.6 cm³/mol. The summed E-state index contributed by atoms with van der Waals surface area (Å²) >= 11 is 6.25. The summed E-state index contributed by atoms with van der Waals surface area (Å²) in [7, 11) is 0. The molecule has 0 rings (SSSR count). The average molecular weight is 369 g/mol. The second-order valence-corrected chi connectivity index (χ2v) is 16.4. The Hall–Kier alpha value is 1.05. The Labute approximate surface area is 101 Å². The van der Waals surface area contributed by atoms with Crippen molar-refractivity contribution in [2.75, 3.05) is 6.61 Å². The van der Waals surface area contributed by atoms with Crippen molar-refractivity contribution in [3.8, 4) is 0 Å². The maximum absolute atomic E-state index is 10.7. The van der Waals surface area contributed by atoms with Crippen LogP contribution in [0.3, 0.4) is 0 Å². The first-order chi connectivity index (χ1) is 6.22. The van der Waals surface area contributed by atoms with Gasteiger partial charge < -0.3 is 4.74 Å². The molecule has 13 heavy (non-hydrogen) atoms. The van der Waals surface area contributed by atoms with Gasteiger partial charge in [0.05, 0.1) is 6.61 Å². The first-order valence-corrected chi connectivity index (χ1v) is 18.4. The van der Waals surface area contributed by atoms with Gasteiger partial charge in [-0.05, 0) is 13.3 Å². The molecule has 76 valence electrons. The molecule has 0 radical (unpaired) electrons. The van der Waals surface area contributed by atoms with E-state index >= 15 is 0 Å². The van der Waals surface area contributed by atoms with Crippen molar-refractivity contribution in [3.05, 3.63) is 0 Å². The average Bonchev–Trinajstić information content (AvgIpc) is 2.07. The summed E-state index contributed by atoms with van der Waals surface area (Å²) in [5, 5.41) is 0. The van der Waals surface area contributed by atoms with E-state index in [-0.39, 0.29) is 19.2 Å². The summed E-state index contributed by atoms with van der Waals surface area (Å²) < 4.78 is 4.75. The van der Waals surface area contributed by atoms with Crippen LogP contribution in [-0.4, -0.2) is 12.6 Å². The van der Waals surface area contributed by atoms with Crippen molar-refractivity contribution in [3.63, 3.8) is 0 Å². The summed E-state index contributed by atoms with van der Waals surface area (Å²) in [5.41, 5.74) is 0. The molecule has 2 nitrogen and oxygen atoms in total. The zero-order valence-electron chi connectivity index (χ0n) is 8.32. The molecule has 0 fully saturated rings. The number of unbranched alkanes of at least 4 members (excludes halogenated alkanes) is 2. The number of ether oxygens (including phenoxy) is 1. The number of carbonyl (C=O) groups is 1. The van der Waals surface area contributed by atoms with E-state index in [1.165, 1.54) is 0 Å². The fourth-order valence-electron chi connectivity index (χ4n) is 0.752. The van der Waals surface area contributed by atoms with Crippen LogP contribution in [0, 0.1) is 0 Å². The molecule has 0 aromatic rings.